The van der Waals surface area contributed by atoms with E-state index < -0.39 is 41.6 Å². The molecule has 2 atom stereocenters. The van der Waals surface area contributed by atoms with E-state index >= 15 is 0 Å². The number of hydrogen-bond acceptors (Lipinski definition) is 7. The van der Waals surface area contributed by atoms with Crippen molar-refractivity contribution in [3.05, 3.63) is 83.0 Å². The smallest absolute Gasteiger partial charge is 0.381 e. The van der Waals surface area contributed by atoms with E-state index in [4.69, 9.17) is 4.74 Å². The van der Waals surface area contributed by atoms with Crippen molar-refractivity contribution in [2.45, 2.75) is 37.5 Å². The first kappa shape index (κ1) is 32.6. The Balaban J connectivity index is 1.31. The average Bonchev–Trinajstić information content (AvgIpc) is 3.42. The molecule has 2 N–H and O–H groups in total. The second-order valence-electron chi connectivity index (χ2n) is 12.2. The topological polar surface area (TPSA) is 89.5 Å². The molecule has 6 rings (SSSR count). The maximum Gasteiger partial charge on any atom is 0.471 e. The van der Waals surface area contributed by atoms with Crippen LogP contribution >= 0.6 is 0 Å². The number of anilines is 2. The number of carbonyl (C=O) groups excluding carboxylic acids is 2. The van der Waals surface area contributed by atoms with Gasteiger partial charge in [0, 0.05) is 57.2 Å². The Kier molecular flexibility index (Phi) is 9.33. The van der Waals surface area contributed by atoms with Gasteiger partial charge in [-0.1, -0.05) is 18.2 Å². The van der Waals surface area contributed by atoms with E-state index in [-0.39, 0.29) is 55.6 Å². The molecular formula is C33H35F5N6O3. The molecule has 47 heavy (non-hydrogen) atoms. The summed E-state index contributed by atoms with van der Waals surface area (Å²) in [5, 5.41) is 7.04. The molecule has 0 bridgehead atoms. The third-order valence-corrected chi connectivity index (χ3v) is 8.89. The molecule has 0 radical (unpaired) electrons. The van der Waals surface area contributed by atoms with E-state index in [0.717, 1.165) is 24.7 Å². The number of halogens is 5. The average molecular weight is 659 g/mol. The summed E-state index contributed by atoms with van der Waals surface area (Å²) in [5.74, 6) is -4.40. The lowest BCUT2D eigenvalue weighted by Gasteiger charge is -2.37. The summed E-state index contributed by atoms with van der Waals surface area (Å²) < 4.78 is 75.2. The Hall–Kier alpha value is -4.30. The molecule has 9 nitrogen and oxygen atoms in total. The molecule has 2 unspecified atom stereocenters. The van der Waals surface area contributed by atoms with Crippen molar-refractivity contribution < 1.29 is 36.3 Å². The van der Waals surface area contributed by atoms with Gasteiger partial charge in [-0.25, -0.2) is 8.78 Å². The van der Waals surface area contributed by atoms with E-state index in [9.17, 15) is 31.5 Å². The summed E-state index contributed by atoms with van der Waals surface area (Å²) in [5.41, 5.74) is 4.46. The number of carbonyl (C=O) groups is 2. The fraction of sp³-hybridized carbons (Fsp3) is 0.424. The molecule has 3 heterocycles. The molecule has 2 aromatic rings. The Morgan fingerprint density at radius 3 is 2.43 bits per heavy atom. The highest BCUT2D eigenvalue weighted by Gasteiger charge is 2.46. The molecular weight excluding hydrogens is 623 g/mol. The Labute approximate surface area is 268 Å². The summed E-state index contributed by atoms with van der Waals surface area (Å²) in [6, 6.07) is 6.77. The number of benzene rings is 2. The second-order valence-corrected chi connectivity index (χ2v) is 12.2. The van der Waals surface area contributed by atoms with Gasteiger partial charge in [-0.2, -0.15) is 18.3 Å². The number of likely N-dealkylation sites (N-methyl/N-ethyl adjacent to an activating group) is 1. The molecule has 0 saturated carbocycles. The van der Waals surface area contributed by atoms with Gasteiger partial charge in [0.15, 0.2) is 0 Å². The predicted octanol–water partition coefficient (Wildman–Crippen LogP) is 4.16. The van der Waals surface area contributed by atoms with E-state index in [1.165, 1.54) is 24.3 Å². The molecule has 2 saturated heterocycles. The highest BCUT2D eigenvalue weighted by Crippen LogP contribution is 2.35. The van der Waals surface area contributed by atoms with Gasteiger partial charge in [-0.05, 0) is 67.8 Å². The van der Waals surface area contributed by atoms with Crippen LogP contribution in [-0.4, -0.2) is 87.3 Å². The van der Waals surface area contributed by atoms with Gasteiger partial charge in [0.1, 0.15) is 17.5 Å². The first-order chi connectivity index (χ1) is 22.5. The minimum Gasteiger partial charge on any atom is -0.381 e. The van der Waals surface area contributed by atoms with Crippen molar-refractivity contribution in [1.29, 1.82) is 0 Å². The van der Waals surface area contributed by atoms with Crippen LogP contribution in [0.15, 0.2) is 65.3 Å². The number of hydrogen-bond donors (Lipinski definition) is 2. The van der Waals surface area contributed by atoms with Crippen LogP contribution in [-0.2, 0) is 16.0 Å². The number of nitrogens with one attached hydrogen (secondary N) is 2. The minimum atomic E-state index is -5.18. The zero-order chi connectivity index (χ0) is 33.3. The van der Waals surface area contributed by atoms with Crippen LogP contribution in [0.4, 0.5) is 33.3 Å². The van der Waals surface area contributed by atoms with Gasteiger partial charge in [-0.15, -0.1) is 0 Å². The number of piperazine rings is 1. The van der Waals surface area contributed by atoms with Gasteiger partial charge in [0.25, 0.3) is 5.91 Å². The lowest BCUT2D eigenvalue weighted by Crippen LogP contribution is -2.50. The van der Waals surface area contributed by atoms with Crippen molar-refractivity contribution in [2.24, 2.45) is 11.0 Å². The van der Waals surface area contributed by atoms with Crippen molar-refractivity contribution >= 4 is 29.0 Å². The number of hydrazone groups is 1. The summed E-state index contributed by atoms with van der Waals surface area (Å²) in [6.07, 6.45) is 0.861. The number of rotatable bonds is 6. The van der Waals surface area contributed by atoms with Crippen LogP contribution in [0.1, 0.15) is 28.8 Å². The molecule has 2 aromatic carbocycles. The predicted molar refractivity (Wildman–Crippen MR) is 166 cm³/mol. The van der Waals surface area contributed by atoms with E-state index in [1.807, 2.05) is 24.1 Å². The van der Waals surface area contributed by atoms with Crippen LogP contribution in [0.2, 0.25) is 0 Å². The van der Waals surface area contributed by atoms with Gasteiger partial charge in [0.2, 0.25) is 0 Å². The normalized spacial score (nSPS) is 21.9. The van der Waals surface area contributed by atoms with Crippen LogP contribution in [0, 0.1) is 17.6 Å². The number of ether oxygens (including phenoxy) is 1. The molecule has 2 amide bonds. The monoisotopic (exact) mass is 658 g/mol. The molecule has 250 valence electrons. The lowest BCUT2D eigenvalue weighted by atomic mass is 9.89. The zero-order valence-corrected chi connectivity index (χ0v) is 25.7. The quantitative estimate of drug-likeness (QED) is 0.454. The number of allylic oxidation sites excluding steroid dienone is 2. The van der Waals surface area contributed by atoms with Crippen LogP contribution in [0.25, 0.3) is 0 Å². The molecule has 3 aliphatic heterocycles. The fourth-order valence-corrected chi connectivity index (χ4v) is 6.41. The maximum absolute atomic E-state index is 14.1. The first-order valence-corrected chi connectivity index (χ1v) is 15.5. The SMILES string of the molecule is CN1CCN(c2ccc(C(=O)NC3=NNC4C=CC(Cc5cc(F)cc(F)c5)=CC34)c(N(C(=O)C(F)(F)F)C3CCOCC3)c2)CC1. The highest BCUT2D eigenvalue weighted by molar-refractivity contribution is 6.13. The van der Waals surface area contributed by atoms with Gasteiger partial charge in [-0.3, -0.25) is 9.59 Å². The number of amides is 2. The van der Waals surface area contributed by atoms with Crippen molar-refractivity contribution in [1.82, 2.24) is 15.6 Å². The van der Waals surface area contributed by atoms with Crippen molar-refractivity contribution in [2.75, 3.05) is 56.2 Å². The summed E-state index contributed by atoms with van der Waals surface area (Å²) in [4.78, 5) is 31.8. The lowest BCUT2D eigenvalue weighted by molar-refractivity contribution is -0.171. The largest absolute Gasteiger partial charge is 0.471 e. The Bertz CT molecular complexity index is 1590. The first-order valence-electron chi connectivity index (χ1n) is 15.5. The number of amidine groups is 1. The summed E-state index contributed by atoms with van der Waals surface area (Å²) in [6.45, 7) is 3.11. The molecule has 0 aromatic heterocycles. The zero-order valence-electron chi connectivity index (χ0n) is 25.7. The standard InChI is InChI=1S/C33H35F5N6O3/c1-42-8-10-43(11-9-42)25-3-4-26(29(19-25)44(32(46)33(36,37)38)24-6-12-47-13-7-24)31(45)39-30-27-17-20(2-5-28(27)40-41-30)14-21-15-22(34)18-23(35)16-21/h2-5,15-19,24,27-28,40H,6-14H2,1H3,(H,39,41,45). The van der Waals surface area contributed by atoms with Gasteiger partial charge >= 0.3 is 12.1 Å². The van der Waals surface area contributed by atoms with Crippen molar-refractivity contribution in [3.63, 3.8) is 0 Å². The number of fused-ring (bicyclic) bond motifs is 1. The van der Waals surface area contributed by atoms with Crippen LogP contribution in [0.3, 0.4) is 0 Å². The summed E-state index contributed by atoms with van der Waals surface area (Å²) in [7, 11) is 1.98. The molecule has 0 spiro atoms. The van der Waals surface area contributed by atoms with Crippen LogP contribution < -0.4 is 20.5 Å². The number of alkyl halides is 3. The number of nitrogens with zero attached hydrogens (tertiary/aromatic N) is 4. The third kappa shape index (κ3) is 7.33. The minimum absolute atomic E-state index is 0.107. The van der Waals surface area contributed by atoms with Crippen LogP contribution in [0.5, 0.6) is 0 Å². The fourth-order valence-electron chi connectivity index (χ4n) is 6.41. The van der Waals surface area contributed by atoms with Gasteiger partial charge in [0.05, 0.1) is 23.2 Å². The Morgan fingerprint density at radius 2 is 1.74 bits per heavy atom. The van der Waals surface area contributed by atoms with E-state index in [0.29, 0.717) is 29.2 Å². The third-order valence-electron chi connectivity index (χ3n) is 8.89. The molecule has 4 aliphatic rings. The summed E-state index contributed by atoms with van der Waals surface area (Å²) >= 11 is 0. The van der Waals surface area contributed by atoms with Crippen molar-refractivity contribution in [3.8, 4) is 0 Å². The van der Waals surface area contributed by atoms with E-state index in [2.05, 4.69) is 20.7 Å². The Morgan fingerprint density at radius 1 is 1.04 bits per heavy atom. The second kappa shape index (κ2) is 13.4. The molecule has 1 aliphatic carbocycles. The maximum atomic E-state index is 14.1. The molecule has 2 fully saturated rings. The van der Waals surface area contributed by atoms with Gasteiger partial charge < -0.3 is 30.2 Å². The van der Waals surface area contributed by atoms with E-state index in [1.54, 1.807) is 12.1 Å². The highest BCUT2D eigenvalue weighted by atomic mass is 19.4. The molecule has 14 heteroatoms.